The zero-order valence-electron chi connectivity index (χ0n) is 12.9. The van der Waals surface area contributed by atoms with Crippen LogP contribution < -0.4 is 0 Å². The van der Waals surface area contributed by atoms with Crippen LogP contribution >= 0.6 is 90.4 Å². The largest absolute Gasteiger partial charge is 0.506 e. The molecule has 0 aliphatic heterocycles. The fourth-order valence-corrected chi connectivity index (χ4v) is 5.92. The molecule has 2 aromatic carbocycles. The fraction of sp³-hybridized carbons (Fsp3) is 0.235. The predicted octanol–water partition coefficient (Wildman–Crippen LogP) is 5.23. The topological polar surface area (TPSA) is 66.8 Å². The smallest absolute Gasteiger partial charge is 0.306 e. The maximum atomic E-state index is 11.9. The first-order valence-corrected chi connectivity index (χ1v) is 11.6. The van der Waals surface area contributed by atoms with Crippen LogP contribution in [0, 0.1) is 14.3 Å². The maximum absolute atomic E-state index is 11.9. The second-order valence-electron chi connectivity index (χ2n) is 5.29. The van der Waals surface area contributed by atoms with E-state index in [-0.39, 0.29) is 11.7 Å². The van der Waals surface area contributed by atoms with Gasteiger partial charge in [0, 0.05) is 12.8 Å². The maximum Gasteiger partial charge on any atom is 0.306 e. The number of esters is 1. The van der Waals surface area contributed by atoms with E-state index in [2.05, 4.69) is 90.4 Å². The predicted molar refractivity (Wildman–Crippen MR) is 130 cm³/mol. The number of phenols is 2. The summed E-state index contributed by atoms with van der Waals surface area (Å²) < 4.78 is 8.45. The van der Waals surface area contributed by atoms with Crippen molar-refractivity contribution in [1.82, 2.24) is 0 Å². The van der Waals surface area contributed by atoms with Crippen LogP contribution in [0.2, 0.25) is 0 Å². The number of hydrogen-bond donors (Lipinski definition) is 2. The van der Waals surface area contributed by atoms with Crippen molar-refractivity contribution in [3.8, 4) is 11.5 Å². The number of benzene rings is 2. The Morgan fingerprint density at radius 2 is 1.20 bits per heavy atom. The first-order chi connectivity index (χ1) is 11.8. The second kappa shape index (κ2) is 10.1. The van der Waals surface area contributed by atoms with Gasteiger partial charge >= 0.3 is 5.97 Å². The zero-order valence-corrected chi connectivity index (χ0v) is 21.5. The van der Waals surface area contributed by atoms with Gasteiger partial charge < -0.3 is 14.9 Å². The summed E-state index contributed by atoms with van der Waals surface area (Å²) in [5, 5.41) is 19.5. The summed E-state index contributed by atoms with van der Waals surface area (Å²) in [7, 11) is 0. The number of aryl methyl sites for hydroxylation is 1. The van der Waals surface area contributed by atoms with Gasteiger partial charge in [0.15, 0.2) is 0 Å². The van der Waals surface area contributed by atoms with Gasteiger partial charge in [0.25, 0.3) is 0 Å². The summed E-state index contributed by atoms with van der Waals surface area (Å²) in [4.78, 5) is 11.9. The third-order valence-electron chi connectivity index (χ3n) is 3.42. The molecule has 0 aromatic heterocycles. The molecule has 0 aliphatic carbocycles. The Morgan fingerprint density at radius 1 is 0.800 bits per heavy atom. The lowest BCUT2D eigenvalue weighted by Crippen LogP contribution is -2.09. The molecule has 0 atom stereocenters. The van der Waals surface area contributed by atoms with E-state index in [1.54, 1.807) is 0 Å². The van der Waals surface area contributed by atoms with Gasteiger partial charge in [-0.15, -0.1) is 0 Å². The van der Waals surface area contributed by atoms with Crippen molar-refractivity contribution in [3.05, 3.63) is 49.7 Å². The Morgan fingerprint density at radius 3 is 1.64 bits per heavy atom. The second-order valence-corrected chi connectivity index (χ2v) is 9.94. The molecule has 0 saturated carbocycles. The van der Waals surface area contributed by atoms with Crippen molar-refractivity contribution < 1.29 is 19.7 Å². The summed E-state index contributed by atoms with van der Waals surface area (Å²) in [6.07, 6.45) is 1.51. The highest BCUT2D eigenvalue weighted by molar-refractivity contribution is 14.1. The van der Waals surface area contributed by atoms with Crippen LogP contribution in [0.3, 0.4) is 0 Å². The molecule has 4 nitrogen and oxygen atoms in total. The summed E-state index contributed by atoms with van der Waals surface area (Å²) in [5.41, 5.74) is 2.04. The Hall–Kier alpha value is 0.430. The lowest BCUT2D eigenvalue weighted by Gasteiger charge is -2.08. The van der Waals surface area contributed by atoms with Crippen LogP contribution in [0.1, 0.15) is 17.5 Å². The van der Waals surface area contributed by atoms with Crippen LogP contribution in [0.5, 0.6) is 11.5 Å². The van der Waals surface area contributed by atoms with Crippen LogP contribution in [-0.4, -0.2) is 22.8 Å². The molecule has 0 amide bonds. The van der Waals surface area contributed by atoms with Crippen molar-refractivity contribution in [2.75, 3.05) is 6.61 Å². The van der Waals surface area contributed by atoms with E-state index >= 15 is 0 Å². The molecule has 0 aliphatic rings. The lowest BCUT2D eigenvalue weighted by atomic mass is 10.1. The van der Waals surface area contributed by atoms with Crippen LogP contribution in [0.15, 0.2) is 24.3 Å². The molecule has 25 heavy (non-hydrogen) atoms. The van der Waals surface area contributed by atoms with Gasteiger partial charge in [0.1, 0.15) is 11.5 Å². The minimum atomic E-state index is -0.235. The lowest BCUT2D eigenvalue weighted by molar-refractivity contribution is -0.143. The molecular weight excluding hydrogens is 776 g/mol. The van der Waals surface area contributed by atoms with Gasteiger partial charge in [0.2, 0.25) is 0 Å². The van der Waals surface area contributed by atoms with Gasteiger partial charge in [-0.05, 0) is 132 Å². The number of hydrogen-bond acceptors (Lipinski definition) is 4. The van der Waals surface area contributed by atoms with E-state index in [0.29, 0.717) is 31.6 Å². The summed E-state index contributed by atoms with van der Waals surface area (Å²) >= 11 is 8.33. The Labute approximate surface area is 200 Å². The highest BCUT2D eigenvalue weighted by Crippen LogP contribution is 2.28. The molecule has 0 fully saturated rings. The van der Waals surface area contributed by atoms with Gasteiger partial charge in [-0.2, -0.15) is 0 Å². The normalized spacial score (nSPS) is 10.7. The Kier molecular flexibility index (Phi) is 8.78. The standard InChI is InChI=1S/C17H14I4O4/c18-11-5-9(6-12(19)16(11)23)1-2-15(22)25-4-3-10-7-13(20)17(24)14(21)8-10/h5-8,23-24H,1-4H2. The van der Waals surface area contributed by atoms with Gasteiger partial charge in [-0.25, -0.2) is 0 Å². The highest BCUT2D eigenvalue weighted by atomic mass is 127. The molecule has 0 radical (unpaired) electrons. The summed E-state index contributed by atoms with van der Waals surface area (Å²) in [6.45, 7) is 0.320. The van der Waals surface area contributed by atoms with Crippen LogP contribution in [-0.2, 0) is 22.4 Å². The summed E-state index contributed by atoms with van der Waals surface area (Å²) in [5.74, 6) is 0.340. The first-order valence-electron chi connectivity index (χ1n) is 7.27. The number of rotatable bonds is 6. The number of phenolic OH excluding ortho intramolecular Hbond substituents is 2. The average Bonchev–Trinajstić information content (AvgIpc) is 2.55. The van der Waals surface area contributed by atoms with E-state index < -0.39 is 0 Å². The number of ether oxygens (including phenoxy) is 1. The average molecular weight is 790 g/mol. The van der Waals surface area contributed by atoms with Gasteiger partial charge in [-0.3, -0.25) is 4.79 Å². The number of halogens is 4. The number of carbonyl (C=O) groups excluding carboxylic acids is 1. The highest BCUT2D eigenvalue weighted by Gasteiger charge is 2.10. The van der Waals surface area contributed by atoms with Crippen molar-refractivity contribution >= 4 is 96.3 Å². The van der Waals surface area contributed by atoms with Gasteiger partial charge in [0.05, 0.1) is 20.9 Å². The van der Waals surface area contributed by atoms with Crippen molar-refractivity contribution in [2.24, 2.45) is 0 Å². The van der Waals surface area contributed by atoms with Crippen molar-refractivity contribution in [1.29, 1.82) is 0 Å². The van der Waals surface area contributed by atoms with E-state index in [0.717, 1.165) is 25.4 Å². The molecule has 2 N–H and O–H groups in total. The molecule has 134 valence electrons. The molecular formula is C17H14I4O4. The fourth-order valence-electron chi connectivity index (χ4n) is 2.13. The van der Waals surface area contributed by atoms with Gasteiger partial charge in [-0.1, -0.05) is 0 Å². The molecule has 2 rings (SSSR count). The minimum Gasteiger partial charge on any atom is -0.506 e. The monoisotopic (exact) mass is 790 g/mol. The van der Waals surface area contributed by atoms with Crippen LogP contribution in [0.25, 0.3) is 0 Å². The zero-order chi connectivity index (χ0) is 18.6. The van der Waals surface area contributed by atoms with E-state index in [1.165, 1.54) is 0 Å². The third-order valence-corrected chi connectivity index (χ3v) is 6.71. The Bertz CT molecular complexity index is 746. The van der Waals surface area contributed by atoms with Crippen molar-refractivity contribution in [2.45, 2.75) is 19.3 Å². The SMILES string of the molecule is O=C(CCc1cc(I)c(O)c(I)c1)OCCc1cc(I)c(O)c(I)c1. The quantitative estimate of drug-likeness (QED) is 0.311. The molecule has 0 saturated heterocycles. The molecule has 0 unspecified atom stereocenters. The van der Waals surface area contributed by atoms with Crippen LogP contribution in [0.4, 0.5) is 0 Å². The molecule has 0 heterocycles. The molecule has 0 bridgehead atoms. The summed E-state index contributed by atoms with van der Waals surface area (Å²) in [6, 6.07) is 7.55. The molecule has 8 heteroatoms. The number of aromatic hydroxyl groups is 2. The Balaban J connectivity index is 1.81. The van der Waals surface area contributed by atoms with Crippen molar-refractivity contribution in [3.63, 3.8) is 0 Å². The first kappa shape index (κ1) is 21.7. The van der Waals surface area contributed by atoms with E-state index in [1.807, 2.05) is 24.3 Å². The number of carbonyl (C=O) groups is 1. The van der Waals surface area contributed by atoms with E-state index in [4.69, 9.17) is 4.74 Å². The van der Waals surface area contributed by atoms with E-state index in [9.17, 15) is 15.0 Å². The molecule has 0 spiro atoms. The minimum absolute atomic E-state index is 0.235. The third kappa shape index (κ3) is 6.52. The molecule has 2 aromatic rings.